The van der Waals surface area contributed by atoms with Gasteiger partial charge in [0, 0.05) is 45.7 Å². The van der Waals surface area contributed by atoms with Crippen molar-refractivity contribution in [3.05, 3.63) is 59.7 Å². The molecular formula is C27H36N4O6. The Hall–Kier alpha value is -3.63. The van der Waals surface area contributed by atoms with Gasteiger partial charge in [-0.25, -0.2) is 9.59 Å². The van der Waals surface area contributed by atoms with Crippen molar-refractivity contribution in [2.75, 3.05) is 66.6 Å². The van der Waals surface area contributed by atoms with Gasteiger partial charge in [-0.15, -0.1) is 0 Å². The molecule has 10 nitrogen and oxygen atoms in total. The molecule has 0 radical (unpaired) electrons. The molecule has 0 aromatic heterocycles. The van der Waals surface area contributed by atoms with Gasteiger partial charge in [-0.3, -0.25) is 4.79 Å². The first-order valence-electron chi connectivity index (χ1n) is 12.5. The molecule has 0 aliphatic heterocycles. The smallest absolute Gasteiger partial charge is 0.407 e. The van der Waals surface area contributed by atoms with E-state index in [1.807, 2.05) is 24.3 Å². The van der Waals surface area contributed by atoms with Gasteiger partial charge in [0.2, 0.25) is 5.91 Å². The number of carboxylic acid groups (broad SMARTS) is 1. The molecule has 0 bridgehead atoms. The molecule has 37 heavy (non-hydrogen) atoms. The van der Waals surface area contributed by atoms with Crippen molar-refractivity contribution in [2.45, 2.75) is 12.3 Å². The van der Waals surface area contributed by atoms with Crippen LogP contribution < -0.4 is 10.6 Å². The maximum Gasteiger partial charge on any atom is 0.407 e. The zero-order chi connectivity index (χ0) is 26.6. The van der Waals surface area contributed by atoms with E-state index in [2.05, 4.69) is 34.9 Å². The maximum atomic E-state index is 12.5. The van der Waals surface area contributed by atoms with Crippen molar-refractivity contribution in [1.29, 1.82) is 0 Å². The molecule has 200 valence electrons. The largest absolute Gasteiger partial charge is 0.465 e. The predicted molar refractivity (Wildman–Crippen MR) is 140 cm³/mol. The van der Waals surface area contributed by atoms with Crippen molar-refractivity contribution in [3.63, 3.8) is 0 Å². The number of alkyl carbamates (subject to hydrolysis) is 1. The van der Waals surface area contributed by atoms with Crippen LogP contribution in [0.15, 0.2) is 48.5 Å². The summed E-state index contributed by atoms with van der Waals surface area (Å²) in [5, 5.41) is 14.7. The highest BCUT2D eigenvalue weighted by molar-refractivity contribution is 5.79. The molecular weight excluding hydrogens is 476 g/mol. The van der Waals surface area contributed by atoms with Gasteiger partial charge in [-0.1, -0.05) is 48.5 Å². The lowest BCUT2D eigenvalue weighted by Crippen LogP contribution is -2.42. The number of ether oxygens (including phenoxy) is 2. The summed E-state index contributed by atoms with van der Waals surface area (Å²) >= 11 is 0. The SMILES string of the molecule is CNCCN(CCN(C)C(=O)O)C(=O)CCOCCNC(=O)OCC1c2ccccc2-c2ccccc21. The standard InChI is InChI=1S/C27H36N4O6/c1-28-12-14-31(16-15-30(2)27(34)35)25(32)11-17-36-18-13-29-26(33)37-19-24-22-9-5-3-7-20(22)21-8-4-6-10-23(21)24/h3-10,24,28H,11-19H2,1-2H3,(H,29,33)(H,34,35). The van der Waals surface area contributed by atoms with Crippen molar-refractivity contribution >= 4 is 18.1 Å². The fraction of sp³-hybridized carbons (Fsp3) is 0.444. The van der Waals surface area contributed by atoms with E-state index >= 15 is 0 Å². The lowest BCUT2D eigenvalue weighted by molar-refractivity contribution is -0.132. The van der Waals surface area contributed by atoms with Crippen molar-refractivity contribution in [1.82, 2.24) is 20.4 Å². The quantitative estimate of drug-likeness (QED) is 0.333. The second-order valence-corrected chi connectivity index (χ2v) is 8.80. The topological polar surface area (TPSA) is 120 Å². The number of nitrogens with zero attached hydrogens (tertiary/aromatic N) is 2. The van der Waals surface area contributed by atoms with Gasteiger partial charge in [-0.2, -0.15) is 0 Å². The Morgan fingerprint density at radius 1 is 0.919 bits per heavy atom. The second kappa shape index (κ2) is 14.2. The monoisotopic (exact) mass is 512 g/mol. The summed E-state index contributed by atoms with van der Waals surface area (Å²) in [5.41, 5.74) is 4.66. The normalized spacial score (nSPS) is 11.9. The Kier molecular flexibility index (Phi) is 10.7. The molecule has 1 aliphatic carbocycles. The summed E-state index contributed by atoms with van der Waals surface area (Å²) in [6, 6.07) is 16.3. The fourth-order valence-electron chi connectivity index (χ4n) is 4.27. The van der Waals surface area contributed by atoms with Crippen LogP contribution in [-0.4, -0.2) is 99.6 Å². The summed E-state index contributed by atoms with van der Waals surface area (Å²) < 4.78 is 11.0. The molecule has 2 aromatic carbocycles. The molecule has 1 aliphatic rings. The Bertz CT molecular complexity index is 1020. The third-order valence-electron chi connectivity index (χ3n) is 6.34. The van der Waals surface area contributed by atoms with Gasteiger partial charge >= 0.3 is 12.2 Å². The minimum absolute atomic E-state index is 0.00144. The number of likely N-dealkylation sites (N-methyl/N-ethyl adjacent to an activating group) is 2. The zero-order valence-electron chi connectivity index (χ0n) is 21.4. The van der Waals surface area contributed by atoms with Gasteiger partial charge < -0.3 is 35.0 Å². The number of amides is 3. The van der Waals surface area contributed by atoms with E-state index < -0.39 is 12.2 Å². The number of fused-ring (bicyclic) bond motifs is 3. The Balaban J connectivity index is 1.34. The number of benzene rings is 2. The van der Waals surface area contributed by atoms with Crippen LogP contribution in [0.3, 0.4) is 0 Å². The molecule has 2 aromatic rings. The van der Waals surface area contributed by atoms with Gasteiger partial charge in [-0.05, 0) is 29.3 Å². The Morgan fingerprint density at radius 2 is 1.57 bits per heavy atom. The van der Waals surface area contributed by atoms with E-state index in [4.69, 9.17) is 14.6 Å². The Morgan fingerprint density at radius 3 is 2.19 bits per heavy atom. The molecule has 0 spiro atoms. The van der Waals surface area contributed by atoms with Gasteiger partial charge in [0.05, 0.1) is 19.6 Å². The predicted octanol–water partition coefficient (Wildman–Crippen LogP) is 2.59. The number of rotatable bonds is 14. The number of carbonyl (C=O) groups is 3. The molecule has 0 atom stereocenters. The van der Waals surface area contributed by atoms with Crippen LogP contribution in [0.5, 0.6) is 0 Å². The molecule has 3 amide bonds. The van der Waals surface area contributed by atoms with Gasteiger partial charge in [0.25, 0.3) is 0 Å². The van der Waals surface area contributed by atoms with Crippen LogP contribution in [0, 0.1) is 0 Å². The zero-order valence-corrected chi connectivity index (χ0v) is 21.4. The first-order chi connectivity index (χ1) is 17.9. The molecule has 0 saturated carbocycles. The highest BCUT2D eigenvalue weighted by atomic mass is 16.5. The van der Waals surface area contributed by atoms with Gasteiger partial charge in [0.15, 0.2) is 0 Å². The first-order valence-corrected chi connectivity index (χ1v) is 12.5. The van der Waals surface area contributed by atoms with E-state index in [0.717, 1.165) is 16.0 Å². The minimum atomic E-state index is -1.03. The average molecular weight is 513 g/mol. The summed E-state index contributed by atoms with van der Waals surface area (Å²) in [6.45, 7) is 2.58. The van der Waals surface area contributed by atoms with Crippen molar-refractivity contribution in [3.8, 4) is 11.1 Å². The van der Waals surface area contributed by atoms with Crippen LogP contribution in [-0.2, 0) is 14.3 Å². The molecule has 0 heterocycles. The molecule has 3 N–H and O–H groups in total. The lowest BCUT2D eigenvalue weighted by atomic mass is 9.98. The van der Waals surface area contributed by atoms with Crippen LogP contribution >= 0.6 is 0 Å². The number of carbonyl (C=O) groups excluding carboxylic acids is 2. The molecule has 0 saturated heterocycles. The molecule has 0 unspecified atom stereocenters. The van der Waals surface area contributed by atoms with E-state index in [1.54, 1.807) is 11.9 Å². The van der Waals surface area contributed by atoms with E-state index in [0.29, 0.717) is 19.6 Å². The van der Waals surface area contributed by atoms with E-state index in [1.165, 1.54) is 18.2 Å². The van der Waals surface area contributed by atoms with Crippen LogP contribution in [0.1, 0.15) is 23.5 Å². The average Bonchev–Trinajstić information content (AvgIpc) is 3.22. The highest BCUT2D eigenvalue weighted by Crippen LogP contribution is 2.44. The molecule has 3 rings (SSSR count). The van der Waals surface area contributed by atoms with Gasteiger partial charge in [0.1, 0.15) is 6.61 Å². The van der Waals surface area contributed by atoms with Crippen molar-refractivity contribution < 1.29 is 29.0 Å². The minimum Gasteiger partial charge on any atom is -0.465 e. The summed E-state index contributed by atoms with van der Waals surface area (Å²) in [6.07, 6.45) is -1.37. The molecule has 10 heteroatoms. The summed E-state index contributed by atoms with van der Waals surface area (Å²) in [7, 11) is 3.26. The van der Waals surface area contributed by atoms with Crippen LogP contribution in [0.2, 0.25) is 0 Å². The maximum absolute atomic E-state index is 12.5. The Labute approximate surface area is 217 Å². The van der Waals surface area contributed by atoms with Crippen LogP contribution in [0.4, 0.5) is 9.59 Å². The fourth-order valence-corrected chi connectivity index (χ4v) is 4.27. The summed E-state index contributed by atoms with van der Waals surface area (Å²) in [5.74, 6) is -0.111. The number of hydrogen-bond donors (Lipinski definition) is 3. The second-order valence-electron chi connectivity index (χ2n) is 8.80. The number of hydrogen-bond acceptors (Lipinski definition) is 6. The third-order valence-corrected chi connectivity index (χ3v) is 6.34. The summed E-state index contributed by atoms with van der Waals surface area (Å²) in [4.78, 5) is 38.5. The highest BCUT2D eigenvalue weighted by Gasteiger charge is 2.28. The number of nitrogens with one attached hydrogen (secondary N) is 2. The third kappa shape index (κ3) is 7.93. The van der Waals surface area contributed by atoms with E-state index in [9.17, 15) is 14.4 Å². The van der Waals surface area contributed by atoms with Crippen LogP contribution in [0.25, 0.3) is 11.1 Å². The van der Waals surface area contributed by atoms with Crippen molar-refractivity contribution in [2.24, 2.45) is 0 Å². The first kappa shape index (κ1) is 27.9. The lowest BCUT2D eigenvalue weighted by Gasteiger charge is -2.25. The van der Waals surface area contributed by atoms with E-state index in [-0.39, 0.29) is 51.2 Å². The molecule has 0 fully saturated rings.